The quantitative estimate of drug-likeness (QED) is 0.556. The Kier molecular flexibility index (Phi) is 3.51. The summed E-state index contributed by atoms with van der Waals surface area (Å²) >= 11 is 5.65. The molecule has 2 rings (SSSR count). The Morgan fingerprint density at radius 1 is 1.43 bits per heavy atom. The summed E-state index contributed by atoms with van der Waals surface area (Å²) in [4.78, 5) is 2.83. The minimum atomic E-state index is 0.863. The summed E-state index contributed by atoms with van der Waals surface area (Å²) in [6, 6.07) is 0. The number of hydrogen-bond donors (Lipinski definition) is 1. The maximum Gasteiger partial charge on any atom is 0.0323 e. The van der Waals surface area contributed by atoms with Gasteiger partial charge in [-0.3, -0.25) is 0 Å². The maximum atomic E-state index is 5.65. The Morgan fingerprint density at radius 3 is 2.57 bits per heavy atom. The minimum absolute atomic E-state index is 0.863. The largest absolute Gasteiger partial charge is 0.229 e. The number of allylic oxidation sites excluding steroid dienone is 1. The van der Waals surface area contributed by atoms with Crippen LogP contribution >= 0.6 is 11.8 Å². The summed E-state index contributed by atoms with van der Waals surface area (Å²) in [6.07, 6.45) is 8.23. The maximum absolute atomic E-state index is 5.65. The number of halogens is 1. The first kappa shape index (κ1) is 10.5. The van der Waals surface area contributed by atoms with Crippen molar-refractivity contribution >= 4 is 11.8 Å². The van der Waals surface area contributed by atoms with E-state index in [-0.39, 0.29) is 0 Å². The fourth-order valence-corrected chi connectivity index (χ4v) is 2.93. The molecule has 0 bridgehead atoms. The predicted octanol–water partition coefficient (Wildman–Crippen LogP) is 3.65. The molecule has 0 aromatic heterocycles. The van der Waals surface area contributed by atoms with E-state index in [4.69, 9.17) is 11.8 Å². The normalized spacial score (nSPS) is 30.9. The van der Waals surface area contributed by atoms with Crippen LogP contribution in [0.15, 0.2) is 11.1 Å². The smallest absolute Gasteiger partial charge is 0.0323 e. The summed E-state index contributed by atoms with van der Waals surface area (Å²) in [7, 11) is 0. The average molecular weight is 214 g/mol. The van der Waals surface area contributed by atoms with Gasteiger partial charge in [-0.05, 0) is 55.7 Å². The van der Waals surface area contributed by atoms with Crippen LogP contribution in [-0.4, -0.2) is 6.54 Å². The molecule has 0 aromatic rings. The molecule has 2 atom stereocenters. The molecular formula is C12H20ClN. The van der Waals surface area contributed by atoms with Crippen LogP contribution in [-0.2, 0) is 0 Å². The van der Waals surface area contributed by atoms with Crippen molar-refractivity contribution in [2.45, 2.75) is 45.4 Å². The van der Waals surface area contributed by atoms with Gasteiger partial charge in [-0.15, -0.1) is 0 Å². The van der Waals surface area contributed by atoms with Gasteiger partial charge in [0.25, 0.3) is 0 Å². The van der Waals surface area contributed by atoms with Gasteiger partial charge in [-0.25, -0.2) is 4.84 Å². The lowest BCUT2D eigenvalue weighted by atomic mass is 9.66. The van der Waals surface area contributed by atoms with Crippen molar-refractivity contribution in [2.24, 2.45) is 11.8 Å². The molecule has 2 aliphatic rings. The van der Waals surface area contributed by atoms with Crippen LogP contribution in [0.25, 0.3) is 0 Å². The van der Waals surface area contributed by atoms with E-state index in [0.717, 1.165) is 18.4 Å². The second-order valence-electron chi connectivity index (χ2n) is 4.64. The van der Waals surface area contributed by atoms with E-state index in [2.05, 4.69) is 11.8 Å². The van der Waals surface area contributed by atoms with E-state index in [1.165, 1.54) is 38.5 Å². The van der Waals surface area contributed by atoms with Crippen LogP contribution < -0.4 is 4.84 Å². The second kappa shape index (κ2) is 4.67. The molecule has 2 saturated carbocycles. The molecule has 0 saturated heterocycles. The van der Waals surface area contributed by atoms with Gasteiger partial charge in [-0.1, -0.05) is 24.5 Å². The highest BCUT2D eigenvalue weighted by Gasteiger charge is 2.33. The highest BCUT2D eigenvalue weighted by atomic mass is 35.5. The Balaban J connectivity index is 2.03. The van der Waals surface area contributed by atoms with Crippen LogP contribution in [0.4, 0.5) is 0 Å². The standard InChI is InChI=1S/C12H20ClN/c1-2-9-6-7-11(9)12(8-14-13)10-4-3-5-10/h9,11,14H,2-8H2,1H3. The summed E-state index contributed by atoms with van der Waals surface area (Å²) in [5.41, 5.74) is 3.37. The highest BCUT2D eigenvalue weighted by Crippen LogP contribution is 2.45. The van der Waals surface area contributed by atoms with Gasteiger partial charge in [0.2, 0.25) is 0 Å². The summed E-state index contributed by atoms with van der Waals surface area (Å²) in [5, 5.41) is 0. The fraction of sp³-hybridized carbons (Fsp3) is 0.833. The summed E-state index contributed by atoms with van der Waals surface area (Å²) in [5.74, 6) is 1.81. The number of hydrogen-bond acceptors (Lipinski definition) is 1. The molecule has 0 spiro atoms. The first-order valence-corrected chi connectivity index (χ1v) is 6.29. The average Bonchev–Trinajstić information content (AvgIpc) is 2.00. The zero-order valence-electron chi connectivity index (χ0n) is 8.98. The van der Waals surface area contributed by atoms with E-state index < -0.39 is 0 Å². The van der Waals surface area contributed by atoms with Crippen molar-refractivity contribution in [3.8, 4) is 0 Å². The number of rotatable bonds is 4. The number of nitrogens with one attached hydrogen (secondary N) is 1. The third-order valence-electron chi connectivity index (χ3n) is 4.06. The lowest BCUT2D eigenvalue weighted by Crippen LogP contribution is -2.31. The molecule has 80 valence electrons. The van der Waals surface area contributed by atoms with Crippen molar-refractivity contribution in [1.82, 2.24) is 4.84 Å². The van der Waals surface area contributed by atoms with Crippen molar-refractivity contribution in [3.05, 3.63) is 11.1 Å². The van der Waals surface area contributed by atoms with Crippen molar-refractivity contribution in [2.75, 3.05) is 6.54 Å². The third kappa shape index (κ3) is 1.85. The predicted molar refractivity (Wildman–Crippen MR) is 61.2 cm³/mol. The fourth-order valence-electron chi connectivity index (χ4n) is 2.78. The molecule has 0 aliphatic heterocycles. The molecule has 1 N–H and O–H groups in total. The van der Waals surface area contributed by atoms with Crippen molar-refractivity contribution < 1.29 is 0 Å². The molecule has 2 heteroatoms. The van der Waals surface area contributed by atoms with E-state index in [9.17, 15) is 0 Å². The lowest BCUT2D eigenvalue weighted by Gasteiger charge is -2.40. The topological polar surface area (TPSA) is 12.0 Å². The molecule has 14 heavy (non-hydrogen) atoms. The molecular weight excluding hydrogens is 194 g/mol. The molecule has 2 fully saturated rings. The van der Waals surface area contributed by atoms with Crippen LogP contribution in [0.5, 0.6) is 0 Å². The highest BCUT2D eigenvalue weighted by molar-refractivity contribution is 6.13. The molecule has 0 heterocycles. The van der Waals surface area contributed by atoms with Gasteiger partial charge >= 0.3 is 0 Å². The van der Waals surface area contributed by atoms with Crippen LogP contribution in [0.2, 0.25) is 0 Å². The van der Waals surface area contributed by atoms with Gasteiger partial charge in [0.1, 0.15) is 0 Å². The van der Waals surface area contributed by atoms with E-state index >= 15 is 0 Å². The van der Waals surface area contributed by atoms with Gasteiger partial charge in [0.15, 0.2) is 0 Å². The van der Waals surface area contributed by atoms with E-state index in [1.54, 1.807) is 11.1 Å². The van der Waals surface area contributed by atoms with Gasteiger partial charge in [0, 0.05) is 6.54 Å². The lowest BCUT2D eigenvalue weighted by molar-refractivity contribution is 0.201. The molecule has 2 unspecified atom stereocenters. The molecule has 2 aliphatic carbocycles. The van der Waals surface area contributed by atoms with Crippen LogP contribution in [0.1, 0.15) is 45.4 Å². The Labute approximate surface area is 92.0 Å². The zero-order chi connectivity index (χ0) is 9.97. The summed E-state index contributed by atoms with van der Waals surface area (Å²) < 4.78 is 0. The zero-order valence-corrected chi connectivity index (χ0v) is 9.74. The van der Waals surface area contributed by atoms with Crippen molar-refractivity contribution in [3.63, 3.8) is 0 Å². The Morgan fingerprint density at radius 2 is 2.21 bits per heavy atom. The van der Waals surface area contributed by atoms with Crippen LogP contribution in [0.3, 0.4) is 0 Å². The third-order valence-corrected chi connectivity index (χ3v) is 4.19. The second-order valence-corrected chi connectivity index (χ2v) is 4.91. The van der Waals surface area contributed by atoms with Gasteiger partial charge in [0.05, 0.1) is 0 Å². The van der Waals surface area contributed by atoms with Crippen LogP contribution in [0, 0.1) is 11.8 Å². The molecule has 0 aromatic carbocycles. The Bertz CT molecular complexity index is 226. The SMILES string of the molecule is CCC1CCC1C(CNCl)=C1CCC1. The minimum Gasteiger partial charge on any atom is -0.229 e. The van der Waals surface area contributed by atoms with Gasteiger partial charge < -0.3 is 0 Å². The monoisotopic (exact) mass is 213 g/mol. The molecule has 1 nitrogen and oxygen atoms in total. The first-order chi connectivity index (χ1) is 6.86. The van der Waals surface area contributed by atoms with E-state index in [0.29, 0.717) is 0 Å². The first-order valence-electron chi connectivity index (χ1n) is 5.91. The Hall–Kier alpha value is -0.0100. The molecule has 0 amide bonds. The molecule has 0 radical (unpaired) electrons. The van der Waals surface area contributed by atoms with E-state index in [1.807, 2.05) is 0 Å². The summed E-state index contributed by atoms with van der Waals surface area (Å²) in [6.45, 7) is 3.23. The van der Waals surface area contributed by atoms with Crippen molar-refractivity contribution in [1.29, 1.82) is 0 Å². The van der Waals surface area contributed by atoms with Gasteiger partial charge in [-0.2, -0.15) is 0 Å².